The van der Waals surface area contributed by atoms with Crippen LogP contribution in [0.2, 0.25) is 0 Å². The molecule has 7 nitrogen and oxygen atoms in total. The lowest BCUT2D eigenvalue weighted by molar-refractivity contribution is -0.127. The van der Waals surface area contributed by atoms with Crippen LogP contribution in [0.3, 0.4) is 0 Å². The van der Waals surface area contributed by atoms with Crippen molar-refractivity contribution in [1.82, 2.24) is 10.2 Å². The molecule has 0 radical (unpaired) electrons. The first-order valence-electron chi connectivity index (χ1n) is 12.1. The molecule has 2 fully saturated rings. The van der Waals surface area contributed by atoms with Gasteiger partial charge in [0.2, 0.25) is 5.91 Å². The van der Waals surface area contributed by atoms with Crippen LogP contribution in [0.4, 0.5) is 4.39 Å². The van der Waals surface area contributed by atoms with Crippen LogP contribution in [-0.4, -0.2) is 55.9 Å². The number of rotatable bonds is 7. The van der Waals surface area contributed by atoms with E-state index in [1.165, 1.54) is 17.0 Å². The quantitative estimate of drug-likeness (QED) is 0.644. The number of hydrogen-bond acceptors (Lipinski definition) is 5. The van der Waals surface area contributed by atoms with E-state index in [-0.39, 0.29) is 18.1 Å². The highest BCUT2D eigenvalue weighted by Gasteiger charge is 2.53. The highest BCUT2D eigenvalue weighted by Crippen LogP contribution is 2.43. The molecule has 1 N–H and O–H groups in total. The van der Waals surface area contributed by atoms with E-state index in [4.69, 9.17) is 14.2 Å². The highest BCUT2D eigenvalue weighted by atomic mass is 19.1. The number of carbonyl (C=O) groups is 2. The van der Waals surface area contributed by atoms with E-state index in [0.29, 0.717) is 43.2 Å². The molecule has 1 saturated heterocycles. The van der Waals surface area contributed by atoms with Crippen LogP contribution in [0.1, 0.15) is 48.5 Å². The van der Waals surface area contributed by atoms with Crippen LogP contribution in [0.5, 0.6) is 11.5 Å². The first-order valence-corrected chi connectivity index (χ1v) is 12.1. The van der Waals surface area contributed by atoms with Crippen molar-refractivity contribution < 1.29 is 28.2 Å². The number of hydrogen-bond donors (Lipinski definition) is 1. The Hall–Kier alpha value is -3.13. The van der Waals surface area contributed by atoms with Gasteiger partial charge in [-0.3, -0.25) is 14.5 Å². The van der Waals surface area contributed by atoms with Crippen molar-refractivity contribution in [2.45, 2.75) is 50.8 Å². The van der Waals surface area contributed by atoms with Gasteiger partial charge in [0.15, 0.2) is 11.5 Å². The van der Waals surface area contributed by atoms with E-state index in [1.807, 2.05) is 18.2 Å². The summed E-state index contributed by atoms with van der Waals surface area (Å²) in [5.41, 5.74) is 0.0545. The number of nitrogens with zero attached hydrogens (tertiary/aromatic N) is 1. The van der Waals surface area contributed by atoms with Gasteiger partial charge in [-0.05, 0) is 67.9 Å². The molecule has 0 bridgehead atoms. The van der Waals surface area contributed by atoms with E-state index in [0.717, 1.165) is 18.4 Å². The third-order valence-electron chi connectivity index (χ3n) is 7.10. The maximum Gasteiger partial charge on any atom is 0.259 e. The Morgan fingerprint density at radius 2 is 1.83 bits per heavy atom. The topological polar surface area (TPSA) is 77.1 Å². The van der Waals surface area contributed by atoms with Gasteiger partial charge in [-0.1, -0.05) is 25.1 Å². The minimum absolute atomic E-state index is 0.0425. The summed E-state index contributed by atoms with van der Waals surface area (Å²) >= 11 is 0. The predicted molar refractivity (Wildman–Crippen MR) is 129 cm³/mol. The van der Waals surface area contributed by atoms with Crippen molar-refractivity contribution in [3.63, 3.8) is 0 Å². The van der Waals surface area contributed by atoms with Gasteiger partial charge in [-0.15, -0.1) is 0 Å². The Balaban J connectivity index is 1.49. The van der Waals surface area contributed by atoms with Crippen molar-refractivity contribution >= 4 is 11.8 Å². The molecule has 2 aromatic rings. The molecule has 1 atom stereocenters. The second kappa shape index (κ2) is 10.6. The van der Waals surface area contributed by atoms with Crippen molar-refractivity contribution in [3.8, 4) is 11.5 Å². The standard InChI is InChI=1S/C27H33FN2O5/c1-18-10-13-27(14-11-18)30(26(32)20-6-4-5-7-21(20)28)22(17-35-27)25(31)29-15-12-19-8-9-23(33-2)24(16-19)34-3/h4-9,16,18,22H,10-15,17H2,1-3H3,(H,29,31). The molecule has 1 saturated carbocycles. The Bertz CT molecular complexity index is 1070. The first-order chi connectivity index (χ1) is 16.9. The fourth-order valence-electron chi connectivity index (χ4n) is 5.03. The first kappa shape index (κ1) is 25.0. The van der Waals surface area contributed by atoms with Crippen molar-refractivity contribution in [1.29, 1.82) is 0 Å². The van der Waals surface area contributed by atoms with Crippen LogP contribution in [0, 0.1) is 11.7 Å². The van der Waals surface area contributed by atoms with E-state index in [9.17, 15) is 14.0 Å². The normalized spacial score (nSPS) is 23.8. The average molecular weight is 485 g/mol. The van der Waals surface area contributed by atoms with Gasteiger partial charge in [0.05, 0.1) is 26.4 Å². The van der Waals surface area contributed by atoms with Gasteiger partial charge in [0, 0.05) is 6.54 Å². The third-order valence-corrected chi connectivity index (χ3v) is 7.10. The van der Waals surface area contributed by atoms with Crippen LogP contribution in [0.15, 0.2) is 42.5 Å². The lowest BCUT2D eigenvalue weighted by Crippen LogP contribution is -2.57. The predicted octanol–water partition coefficient (Wildman–Crippen LogP) is 3.95. The second-order valence-electron chi connectivity index (χ2n) is 9.34. The molecule has 1 aliphatic heterocycles. The summed E-state index contributed by atoms with van der Waals surface area (Å²) in [4.78, 5) is 28.3. The number of halogens is 1. The zero-order valence-electron chi connectivity index (χ0n) is 20.5. The van der Waals surface area contributed by atoms with E-state index in [1.54, 1.807) is 26.4 Å². The molecule has 188 valence electrons. The Morgan fingerprint density at radius 1 is 1.11 bits per heavy atom. The van der Waals surface area contributed by atoms with Crippen LogP contribution < -0.4 is 14.8 Å². The Labute approximate surface area is 205 Å². The zero-order valence-corrected chi connectivity index (χ0v) is 20.5. The molecule has 8 heteroatoms. The monoisotopic (exact) mass is 484 g/mol. The van der Waals surface area contributed by atoms with Gasteiger partial charge >= 0.3 is 0 Å². The largest absolute Gasteiger partial charge is 0.493 e. The van der Waals surface area contributed by atoms with Crippen LogP contribution in [0.25, 0.3) is 0 Å². The van der Waals surface area contributed by atoms with Crippen LogP contribution >= 0.6 is 0 Å². The summed E-state index contributed by atoms with van der Waals surface area (Å²) in [6, 6.07) is 10.7. The molecule has 1 aliphatic carbocycles. The van der Waals surface area contributed by atoms with Gasteiger partial charge < -0.3 is 19.5 Å². The zero-order chi connectivity index (χ0) is 25.0. The molecular weight excluding hydrogens is 451 g/mol. The minimum atomic E-state index is -0.878. The smallest absolute Gasteiger partial charge is 0.259 e. The lowest BCUT2D eigenvalue weighted by Gasteiger charge is -2.43. The van der Waals surface area contributed by atoms with Crippen LogP contribution in [-0.2, 0) is 16.0 Å². The number of methoxy groups -OCH3 is 2. The van der Waals surface area contributed by atoms with Crippen molar-refractivity contribution in [2.75, 3.05) is 27.4 Å². The summed E-state index contributed by atoms with van der Waals surface area (Å²) < 4.78 is 31.3. The van der Waals surface area contributed by atoms with Gasteiger partial charge in [-0.2, -0.15) is 0 Å². The Kier molecular flexibility index (Phi) is 7.60. The third kappa shape index (κ3) is 5.12. The lowest BCUT2D eigenvalue weighted by atomic mass is 9.83. The average Bonchev–Trinajstić information content (AvgIpc) is 3.24. The van der Waals surface area contributed by atoms with Gasteiger partial charge in [0.1, 0.15) is 17.6 Å². The molecular formula is C27H33FN2O5. The van der Waals surface area contributed by atoms with E-state index in [2.05, 4.69) is 12.2 Å². The van der Waals surface area contributed by atoms with Crippen molar-refractivity contribution in [3.05, 3.63) is 59.4 Å². The molecule has 1 unspecified atom stereocenters. The molecule has 1 spiro atoms. The maximum atomic E-state index is 14.5. The van der Waals surface area contributed by atoms with Gasteiger partial charge in [0.25, 0.3) is 5.91 Å². The summed E-state index contributed by atoms with van der Waals surface area (Å²) in [6.07, 6.45) is 3.60. The number of nitrogens with one attached hydrogen (secondary N) is 1. The van der Waals surface area contributed by atoms with E-state index >= 15 is 0 Å². The maximum absolute atomic E-state index is 14.5. The number of ether oxygens (including phenoxy) is 3. The molecule has 2 aliphatic rings. The highest BCUT2D eigenvalue weighted by molar-refractivity contribution is 5.98. The number of carbonyl (C=O) groups excluding carboxylic acids is 2. The molecule has 0 aromatic heterocycles. The Morgan fingerprint density at radius 3 is 2.51 bits per heavy atom. The molecule has 4 rings (SSSR count). The molecule has 2 amide bonds. The number of amides is 2. The SMILES string of the molecule is COc1ccc(CCNC(=O)C2COC3(CCC(C)CC3)N2C(=O)c2ccccc2F)cc1OC. The van der Waals surface area contributed by atoms with E-state index < -0.39 is 23.5 Å². The molecule has 35 heavy (non-hydrogen) atoms. The summed E-state index contributed by atoms with van der Waals surface area (Å²) in [7, 11) is 3.15. The summed E-state index contributed by atoms with van der Waals surface area (Å²) in [5.74, 6) is 0.370. The molecule has 2 aromatic carbocycles. The summed E-state index contributed by atoms with van der Waals surface area (Å²) in [6.45, 7) is 2.64. The fourth-order valence-corrected chi connectivity index (χ4v) is 5.03. The second-order valence-corrected chi connectivity index (χ2v) is 9.34. The fraction of sp³-hybridized carbons (Fsp3) is 0.481. The van der Waals surface area contributed by atoms with Crippen molar-refractivity contribution in [2.24, 2.45) is 5.92 Å². The number of benzene rings is 2. The van der Waals surface area contributed by atoms with Gasteiger partial charge in [-0.25, -0.2) is 4.39 Å². The molecule has 1 heterocycles. The summed E-state index contributed by atoms with van der Waals surface area (Å²) in [5, 5.41) is 2.94. The minimum Gasteiger partial charge on any atom is -0.493 e.